The Kier molecular flexibility index (Phi) is 4.98. The number of hydrogen-bond donors (Lipinski definition) is 1. The fourth-order valence-electron chi connectivity index (χ4n) is 2.32. The number of rotatable bonds is 5. The van der Waals surface area contributed by atoms with Crippen molar-refractivity contribution in [3.63, 3.8) is 0 Å². The summed E-state index contributed by atoms with van der Waals surface area (Å²) in [5.41, 5.74) is 2.21. The lowest BCUT2D eigenvalue weighted by Crippen LogP contribution is -2.26. The number of carbonyl (C=O) groups is 1. The van der Waals surface area contributed by atoms with Crippen molar-refractivity contribution in [2.75, 3.05) is 6.61 Å². The molecule has 0 saturated carbocycles. The summed E-state index contributed by atoms with van der Waals surface area (Å²) < 4.78 is 10.8. The molecule has 1 N–H and O–H groups in total. The van der Waals surface area contributed by atoms with E-state index in [1.54, 1.807) is 6.92 Å². The van der Waals surface area contributed by atoms with E-state index in [0.717, 1.165) is 29.7 Å². The number of nitrogens with zero attached hydrogens (tertiary/aromatic N) is 1. The molecule has 1 aromatic rings. The SMILES string of the molecule is CCOC(=O)CC1CCc2cc(CC=NO)ccc2O1. The maximum Gasteiger partial charge on any atom is 0.309 e. The predicted molar refractivity (Wildman–Crippen MR) is 74.4 cm³/mol. The zero-order valence-corrected chi connectivity index (χ0v) is 11.5. The van der Waals surface area contributed by atoms with Crippen LogP contribution in [0.3, 0.4) is 0 Å². The monoisotopic (exact) mass is 277 g/mol. The molecule has 1 heterocycles. The quantitative estimate of drug-likeness (QED) is 0.388. The second-order valence-electron chi connectivity index (χ2n) is 4.73. The zero-order chi connectivity index (χ0) is 14.4. The number of ether oxygens (including phenoxy) is 2. The molecule has 0 saturated heterocycles. The molecule has 20 heavy (non-hydrogen) atoms. The highest BCUT2D eigenvalue weighted by molar-refractivity contribution is 5.70. The van der Waals surface area contributed by atoms with Crippen LogP contribution >= 0.6 is 0 Å². The molecule has 0 fully saturated rings. The number of oxime groups is 1. The van der Waals surface area contributed by atoms with Crippen LogP contribution in [0.1, 0.15) is 30.9 Å². The molecule has 2 rings (SSSR count). The first-order valence-corrected chi connectivity index (χ1v) is 6.83. The van der Waals surface area contributed by atoms with Gasteiger partial charge in [-0.1, -0.05) is 12.1 Å². The third-order valence-electron chi connectivity index (χ3n) is 3.26. The fraction of sp³-hybridized carbons (Fsp3) is 0.467. The van der Waals surface area contributed by atoms with E-state index in [1.165, 1.54) is 6.21 Å². The van der Waals surface area contributed by atoms with Gasteiger partial charge in [-0.15, -0.1) is 5.16 Å². The number of esters is 1. The standard InChI is InChI=1S/C15H19NO4/c1-2-19-15(17)10-13-5-4-12-9-11(7-8-16-18)3-6-14(12)20-13/h3,6,8-9,13,18H,2,4-5,7,10H2,1H3. The van der Waals surface area contributed by atoms with Crippen LogP contribution in [-0.4, -0.2) is 30.1 Å². The van der Waals surface area contributed by atoms with Crippen LogP contribution in [0.4, 0.5) is 0 Å². The summed E-state index contributed by atoms with van der Waals surface area (Å²) >= 11 is 0. The average molecular weight is 277 g/mol. The minimum absolute atomic E-state index is 0.105. The van der Waals surface area contributed by atoms with Gasteiger partial charge in [0.25, 0.3) is 0 Å². The number of aryl methyl sites for hydroxylation is 1. The Balaban J connectivity index is 1.98. The highest BCUT2D eigenvalue weighted by atomic mass is 16.5. The van der Waals surface area contributed by atoms with Crippen molar-refractivity contribution >= 4 is 12.2 Å². The third kappa shape index (κ3) is 3.73. The highest BCUT2D eigenvalue weighted by Gasteiger charge is 2.22. The lowest BCUT2D eigenvalue weighted by molar-refractivity contribution is -0.145. The molecule has 0 aromatic heterocycles. The molecule has 0 aliphatic carbocycles. The number of benzene rings is 1. The van der Waals surface area contributed by atoms with Gasteiger partial charge in [0, 0.05) is 12.6 Å². The molecule has 1 unspecified atom stereocenters. The maximum atomic E-state index is 11.5. The second-order valence-corrected chi connectivity index (χ2v) is 4.73. The summed E-state index contributed by atoms with van der Waals surface area (Å²) in [6.45, 7) is 2.20. The van der Waals surface area contributed by atoms with Crippen LogP contribution in [0.5, 0.6) is 5.75 Å². The molecule has 5 nitrogen and oxygen atoms in total. The molecule has 0 radical (unpaired) electrons. The van der Waals surface area contributed by atoms with Crippen molar-refractivity contribution in [2.45, 2.75) is 38.7 Å². The summed E-state index contributed by atoms with van der Waals surface area (Å²) in [5, 5.41) is 11.4. The maximum absolute atomic E-state index is 11.5. The Morgan fingerprint density at radius 3 is 3.20 bits per heavy atom. The Hall–Kier alpha value is -2.04. The van der Waals surface area contributed by atoms with Crippen molar-refractivity contribution in [2.24, 2.45) is 5.16 Å². The van der Waals surface area contributed by atoms with Crippen molar-refractivity contribution in [3.8, 4) is 5.75 Å². The van der Waals surface area contributed by atoms with E-state index in [4.69, 9.17) is 14.7 Å². The Morgan fingerprint density at radius 2 is 2.45 bits per heavy atom. The smallest absolute Gasteiger partial charge is 0.309 e. The molecule has 5 heteroatoms. The predicted octanol–water partition coefficient (Wildman–Crippen LogP) is 2.34. The number of fused-ring (bicyclic) bond motifs is 1. The van der Waals surface area contributed by atoms with E-state index in [-0.39, 0.29) is 12.1 Å². The van der Waals surface area contributed by atoms with Crippen LogP contribution < -0.4 is 4.74 Å². The lowest BCUT2D eigenvalue weighted by Gasteiger charge is -2.25. The van der Waals surface area contributed by atoms with Crippen molar-refractivity contribution in [1.82, 2.24) is 0 Å². The minimum atomic E-state index is -0.211. The van der Waals surface area contributed by atoms with Crippen LogP contribution in [0.15, 0.2) is 23.4 Å². The van der Waals surface area contributed by atoms with Gasteiger partial charge in [0.15, 0.2) is 0 Å². The molecule has 108 valence electrons. The van der Waals surface area contributed by atoms with Gasteiger partial charge in [-0.05, 0) is 37.0 Å². The second kappa shape index (κ2) is 6.93. The van der Waals surface area contributed by atoms with Gasteiger partial charge in [0.1, 0.15) is 11.9 Å². The van der Waals surface area contributed by atoms with Gasteiger partial charge in [-0.2, -0.15) is 0 Å². The summed E-state index contributed by atoms with van der Waals surface area (Å²) in [5.74, 6) is 0.618. The van der Waals surface area contributed by atoms with E-state index >= 15 is 0 Å². The van der Waals surface area contributed by atoms with Gasteiger partial charge in [-0.25, -0.2) is 0 Å². The van der Waals surface area contributed by atoms with Gasteiger partial charge in [0.2, 0.25) is 0 Å². The molecule has 0 bridgehead atoms. The molecular formula is C15H19NO4. The Morgan fingerprint density at radius 1 is 1.60 bits per heavy atom. The number of hydrogen-bond acceptors (Lipinski definition) is 5. The van der Waals surface area contributed by atoms with Crippen LogP contribution in [-0.2, 0) is 22.4 Å². The van der Waals surface area contributed by atoms with Crippen LogP contribution in [0.2, 0.25) is 0 Å². The molecule has 1 aliphatic rings. The van der Waals surface area contributed by atoms with Crippen LogP contribution in [0, 0.1) is 0 Å². The molecule has 1 atom stereocenters. The van der Waals surface area contributed by atoms with E-state index in [0.29, 0.717) is 19.4 Å². The minimum Gasteiger partial charge on any atom is -0.490 e. The Bertz CT molecular complexity index is 499. The highest BCUT2D eigenvalue weighted by Crippen LogP contribution is 2.29. The van der Waals surface area contributed by atoms with Gasteiger partial charge < -0.3 is 14.7 Å². The zero-order valence-electron chi connectivity index (χ0n) is 11.5. The Labute approximate surface area is 118 Å². The first-order chi connectivity index (χ1) is 9.72. The first kappa shape index (κ1) is 14.4. The van der Waals surface area contributed by atoms with E-state index in [2.05, 4.69) is 11.2 Å². The summed E-state index contributed by atoms with van der Waals surface area (Å²) in [7, 11) is 0. The van der Waals surface area contributed by atoms with Crippen molar-refractivity contribution in [1.29, 1.82) is 0 Å². The summed E-state index contributed by atoms with van der Waals surface area (Å²) in [6, 6.07) is 5.90. The number of carbonyl (C=O) groups excluding carboxylic acids is 1. The normalized spacial score (nSPS) is 17.6. The molecular weight excluding hydrogens is 258 g/mol. The van der Waals surface area contributed by atoms with Gasteiger partial charge in [-0.3, -0.25) is 4.79 Å². The summed E-state index contributed by atoms with van der Waals surface area (Å²) in [4.78, 5) is 11.5. The summed E-state index contributed by atoms with van der Waals surface area (Å²) in [6.07, 6.45) is 3.93. The fourth-order valence-corrected chi connectivity index (χ4v) is 2.32. The molecule has 1 aliphatic heterocycles. The lowest BCUT2D eigenvalue weighted by atomic mass is 9.98. The molecule has 0 amide bonds. The van der Waals surface area contributed by atoms with E-state index in [9.17, 15) is 4.79 Å². The van der Waals surface area contributed by atoms with E-state index in [1.807, 2.05) is 12.1 Å². The van der Waals surface area contributed by atoms with Crippen LogP contribution in [0.25, 0.3) is 0 Å². The van der Waals surface area contributed by atoms with E-state index < -0.39 is 0 Å². The largest absolute Gasteiger partial charge is 0.490 e. The average Bonchev–Trinajstić information content (AvgIpc) is 2.45. The third-order valence-corrected chi connectivity index (χ3v) is 3.26. The molecule has 1 aromatic carbocycles. The van der Waals surface area contributed by atoms with Gasteiger partial charge in [0.05, 0.1) is 13.0 Å². The topological polar surface area (TPSA) is 68.1 Å². The van der Waals surface area contributed by atoms with Crippen molar-refractivity contribution in [3.05, 3.63) is 29.3 Å². The van der Waals surface area contributed by atoms with Gasteiger partial charge >= 0.3 is 5.97 Å². The van der Waals surface area contributed by atoms with Crippen molar-refractivity contribution < 1.29 is 19.5 Å². The molecule has 0 spiro atoms. The first-order valence-electron chi connectivity index (χ1n) is 6.83.